The van der Waals surface area contributed by atoms with Crippen LogP contribution >= 0.6 is 0 Å². The summed E-state index contributed by atoms with van der Waals surface area (Å²) >= 11 is 0. The predicted octanol–water partition coefficient (Wildman–Crippen LogP) is 3.60. The number of sulfone groups is 1. The van der Waals surface area contributed by atoms with Crippen molar-refractivity contribution in [2.75, 3.05) is 4.90 Å². The Morgan fingerprint density at radius 3 is 2.23 bits per heavy atom. The van der Waals surface area contributed by atoms with Crippen LogP contribution < -0.4 is 4.90 Å². The van der Waals surface area contributed by atoms with Crippen molar-refractivity contribution >= 4 is 27.5 Å². The maximum Gasteiger partial charge on any atom is 0.501 e. The predicted molar refractivity (Wildman–Crippen MR) is 101 cm³/mol. The molecule has 2 aromatic rings. The molecule has 3 rings (SSSR count). The molecular formula is C19H18F3N3O4S. The maximum atomic E-state index is 13.0. The van der Waals surface area contributed by atoms with Gasteiger partial charge in [-0.15, -0.1) is 0 Å². The molecular weight excluding hydrogens is 423 g/mol. The number of hydrogen-bond acceptors (Lipinski definition) is 5. The number of aromatic nitrogens is 1. The normalized spacial score (nSPS) is 18.8. The molecule has 1 aromatic heterocycles. The average molecular weight is 441 g/mol. The summed E-state index contributed by atoms with van der Waals surface area (Å²) in [7, 11) is -5.52. The van der Waals surface area contributed by atoms with Crippen LogP contribution in [0.4, 0.5) is 23.7 Å². The molecule has 7 nitrogen and oxygen atoms in total. The first-order valence-corrected chi connectivity index (χ1v) is 10.3. The summed E-state index contributed by atoms with van der Waals surface area (Å²) in [6.07, 6.45) is 3.21. The Labute approximate surface area is 171 Å². The average Bonchev–Trinajstić information content (AvgIpc) is 2.89. The number of benzene rings is 1. The summed E-state index contributed by atoms with van der Waals surface area (Å²) in [5.74, 6) is -0.565. The van der Waals surface area contributed by atoms with E-state index >= 15 is 0 Å². The molecule has 1 aromatic carbocycles. The Hall–Kier alpha value is -2.95. The number of carbonyl (C=O) groups is 2. The van der Waals surface area contributed by atoms with Gasteiger partial charge in [-0.05, 0) is 62.2 Å². The van der Waals surface area contributed by atoms with E-state index in [4.69, 9.17) is 0 Å². The van der Waals surface area contributed by atoms with Gasteiger partial charge in [-0.2, -0.15) is 13.2 Å². The second kappa shape index (κ2) is 7.38. The second-order valence-electron chi connectivity index (χ2n) is 6.89. The lowest BCUT2D eigenvalue weighted by atomic mass is 10.0. The van der Waals surface area contributed by atoms with Crippen molar-refractivity contribution < 1.29 is 31.2 Å². The highest BCUT2D eigenvalue weighted by atomic mass is 32.2. The number of pyridine rings is 1. The largest absolute Gasteiger partial charge is 0.501 e. The number of amides is 3. The fraction of sp³-hybridized carbons (Fsp3) is 0.316. The third-order valence-corrected chi connectivity index (χ3v) is 6.55. The third-order valence-electron chi connectivity index (χ3n) is 5.05. The molecule has 30 heavy (non-hydrogen) atoms. The maximum absolute atomic E-state index is 13.0. The van der Waals surface area contributed by atoms with E-state index in [0.717, 1.165) is 40.3 Å². The van der Waals surface area contributed by atoms with Crippen molar-refractivity contribution in [2.24, 2.45) is 0 Å². The third kappa shape index (κ3) is 3.42. The number of carbonyl (C=O) groups excluding carboxylic acids is 2. The van der Waals surface area contributed by atoms with E-state index in [1.54, 1.807) is 32.3 Å². The Morgan fingerprint density at radius 2 is 1.70 bits per heavy atom. The van der Waals surface area contributed by atoms with E-state index in [0.29, 0.717) is 0 Å². The molecule has 0 bridgehead atoms. The zero-order valence-electron chi connectivity index (χ0n) is 16.2. The molecule has 1 unspecified atom stereocenters. The van der Waals surface area contributed by atoms with Crippen LogP contribution in [-0.2, 0) is 14.6 Å². The fourth-order valence-electron chi connectivity index (χ4n) is 3.43. The van der Waals surface area contributed by atoms with E-state index in [1.165, 1.54) is 4.90 Å². The SMILES string of the molecule is Cc1cnccc1C(C)N1C(=O)N(c2ccc(S(=O)(=O)C(F)(F)F)cc2)C(=O)[C@H]1C. The highest BCUT2D eigenvalue weighted by molar-refractivity contribution is 7.92. The first-order valence-electron chi connectivity index (χ1n) is 8.86. The quantitative estimate of drug-likeness (QED) is 0.677. The lowest BCUT2D eigenvalue weighted by Gasteiger charge is -2.28. The summed E-state index contributed by atoms with van der Waals surface area (Å²) in [5.41, 5.74) is -3.83. The molecule has 160 valence electrons. The Morgan fingerprint density at radius 1 is 1.10 bits per heavy atom. The summed E-state index contributed by atoms with van der Waals surface area (Å²) in [6, 6.07) is 3.27. The van der Waals surface area contributed by atoms with Crippen LogP contribution in [0.1, 0.15) is 31.0 Å². The van der Waals surface area contributed by atoms with Gasteiger partial charge in [0, 0.05) is 12.4 Å². The van der Waals surface area contributed by atoms with Crippen molar-refractivity contribution in [1.29, 1.82) is 0 Å². The molecule has 11 heteroatoms. The first kappa shape index (κ1) is 21.8. The van der Waals surface area contributed by atoms with Crippen LogP contribution in [0.2, 0.25) is 0 Å². The Bertz CT molecular complexity index is 1100. The van der Waals surface area contributed by atoms with Crippen LogP contribution in [0.25, 0.3) is 0 Å². The number of nitrogens with zero attached hydrogens (tertiary/aromatic N) is 3. The number of halogens is 3. The van der Waals surface area contributed by atoms with Gasteiger partial charge in [0.15, 0.2) is 0 Å². The van der Waals surface area contributed by atoms with Gasteiger partial charge in [0.05, 0.1) is 16.6 Å². The van der Waals surface area contributed by atoms with Gasteiger partial charge in [-0.3, -0.25) is 9.78 Å². The van der Waals surface area contributed by atoms with Crippen LogP contribution in [0, 0.1) is 6.92 Å². The zero-order valence-corrected chi connectivity index (χ0v) is 17.0. The lowest BCUT2D eigenvalue weighted by molar-refractivity contribution is -0.119. The number of urea groups is 1. The fourth-order valence-corrected chi connectivity index (χ4v) is 4.19. The second-order valence-corrected chi connectivity index (χ2v) is 8.83. The van der Waals surface area contributed by atoms with Gasteiger partial charge in [-0.1, -0.05) is 0 Å². The highest BCUT2D eigenvalue weighted by Gasteiger charge is 2.48. The van der Waals surface area contributed by atoms with Crippen LogP contribution in [0.15, 0.2) is 47.6 Å². The topological polar surface area (TPSA) is 87.7 Å². The van der Waals surface area contributed by atoms with Crippen LogP contribution in [0.3, 0.4) is 0 Å². The van der Waals surface area contributed by atoms with Crippen molar-refractivity contribution in [2.45, 2.75) is 43.3 Å². The van der Waals surface area contributed by atoms with E-state index in [9.17, 15) is 31.2 Å². The molecule has 2 heterocycles. The van der Waals surface area contributed by atoms with Crippen molar-refractivity contribution in [3.8, 4) is 0 Å². The smallest absolute Gasteiger partial charge is 0.305 e. The van der Waals surface area contributed by atoms with Gasteiger partial charge in [0.2, 0.25) is 0 Å². The summed E-state index contributed by atoms with van der Waals surface area (Å²) in [5, 5.41) is 0. The number of alkyl halides is 3. The molecule has 1 aliphatic rings. The summed E-state index contributed by atoms with van der Waals surface area (Å²) in [6.45, 7) is 5.13. The Kier molecular flexibility index (Phi) is 5.35. The number of aryl methyl sites for hydroxylation is 1. The minimum Gasteiger partial charge on any atom is -0.305 e. The minimum absolute atomic E-state index is 0.0147. The molecule has 1 aliphatic heterocycles. The molecule has 3 amide bonds. The first-order chi connectivity index (χ1) is 13.9. The minimum atomic E-state index is -5.52. The van der Waals surface area contributed by atoms with Gasteiger partial charge >= 0.3 is 11.5 Å². The zero-order chi connectivity index (χ0) is 22.4. The molecule has 0 radical (unpaired) electrons. The molecule has 1 saturated heterocycles. The number of rotatable bonds is 4. The van der Waals surface area contributed by atoms with Crippen molar-refractivity contribution in [3.63, 3.8) is 0 Å². The molecule has 1 fully saturated rings. The molecule has 0 aliphatic carbocycles. The Balaban J connectivity index is 1.94. The van der Waals surface area contributed by atoms with Crippen molar-refractivity contribution in [3.05, 3.63) is 53.9 Å². The van der Waals surface area contributed by atoms with Crippen LogP contribution in [0.5, 0.6) is 0 Å². The monoisotopic (exact) mass is 441 g/mol. The summed E-state index contributed by atoms with van der Waals surface area (Å²) in [4.78, 5) is 31.0. The summed E-state index contributed by atoms with van der Waals surface area (Å²) < 4.78 is 61.2. The van der Waals surface area contributed by atoms with Gasteiger partial charge in [-0.25, -0.2) is 18.1 Å². The molecule has 2 atom stereocenters. The van der Waals surface area contributed by atoms with E-state index < -0.39 is 44.3 Å². The van der Waals surface area contributed by atoms with E-state index in [-0.39, 0.29) is 5.69 Å². The van der Waals surface area contributed by atoms with Gasteiger partial charge in [0.1, 0.15) is 6.04 Å². The number of hydrogen-bond donors (Lipinski definition) is 0. The highest BCUT2D eigenvalue weighted by Crippen LogP contribution is 2.35. The standard InChI is InChI=1S/C19H18F3N3O4S/c1-11-10-23-9-8-16(11)12(2)24-13(3)17(26)25(18(24)27)14-4-6-15(7-5-14)30(28,29)19(20,21)22/h4-10,12-13H,1-3H3/t12?,13-/m1/s1. The van der Waals surface area contributed by atoms with E-state index in [1.807, 2.05) is 6.92 Å². The molecule has 0 saturated carbocycles. The van der Waals surface area contributed by atoms with E-state index in [2.05, 4.69) is 4.98 Å². The molecule has 0 N–H and O–H groups in total. The van der Waals surface area contributed by atoms with Gasteiger partial charge < -0.3 is 4.90 Å². The van der Waals surface area contributed by atoms with Crippen LogP contribution in [-0.4, -0.2) is 41.8 Å². The number of anilines is 1. The van der Waals surface area contributed by atoms with Gasteiger partial charge in [0.25, 0.3) is 15.7 Å². The molecule has 0 spiro atoms. The lowest BCUT2D eigenvalue weighted by Crippen LogP contribution is -2.36. The van der Waals surface area contributed by atoms with Crippen molar-refractivity contribution in [1.82, 2.24) is 9.88 Å². The number of imide groups is 1.